The molecule has 0 bridgehead atoms. The molecule has 0 spiro atoms. The molecule has 0 saturated heterocycles. The number of thiazole rings is 1. The lowest BCUT2D eigenvalue weighted by molar-refractivity contribution is -0.139. The van der Waals surface area contributed by atoms with Gasteiger partial charge in [-0.25, -0.2) is 18.9 Å². The smallest absolute Gasteiger partial charge is 0.338 e. The van der Waals surface area contributed by atoms with Crippen LogP contribution in [0.2, 0.25) is 0 Å². The lowest BCUT2D eigenvalue weighted by Crippen LogP contribution is -2.35. The Morgan fingerprint density at radius 3 is 2.86 bits per heavy atom. The summed E-state index contributed by atoms with van der Waals surface area (Å²) in [6, 6.07) is 10.9. The van der Waals surface area contributed by atoms with Gasteiger partial charge < -0.3 is 15.8 Å². The molecule has 5 rings (SSSR count). The number of carbonyl (C=O) groups excluding carboxylic acids is 1. The second-order valence-corrected chi connectivity index (χ2v) is 9.76. The van der Waals surface area contributed by atoms with Gasteiger partial charge in [-0.05, 0) is 30.7 Å². The average molecular weight is 582 g/mol. The van der Waals surface area contributed by atoms with Gasteiger partial charge in [-0.15, -0.1) is 16.4 Å². The molecule has 2 aromatic carbocycles. The fraction of sp³-hybridized carbons (Fsp3) is 0.160. The third kappa shape index (κ3) is 5.16. The van der Waals surface area contributed by atoms with E-state index < -0.39 is 17.8 Å². The number of hydrogen-bond donors (Lipinski definition) is 2. The second-order valence-electron chi connectivity index (χ2n) is 8.01. The highest BCUT2D eigenvalue weighted by atomic mass is 79.9. The van der Waals surface area contributed by atoms with E-state index in [1.165, 1.54) is 23.5 Å². The minimum Gasteiger partial charge on any atom is -0.463 e. The van der Waals surface area contributed by atoms with E-state index in [4.69, 9.17) is 15.5 Å². The SMILES string of the molecule is CCOC(=O)C1=C(Cn2cc(-c3ccccc3N)nn2)NC(c2nccs2)=NC1c1ccc(F)cc1Br. The first-order valence-electron chi connectivity index (χ1n) is 11.3. The van der Waals surface area contributed by atoms with Crippen LogP contribution in [0.15, 0.2) is 81.0 Å². The molecule has 4 aromatic rings. The van der Waals surface area contributed by atoms with Crippen molar-refractivity contribution in [1.82, 2.24) is 25.3 Å². The third-order valence-corrected chi connectivity index (χ3v) is 7.08. The Hall–Kier alpha value is -3.90. The normalized spacial score (nSPS) is 15.3. The highest BCUT2D eigenvalue weighted by Gasteiger charge is 2.34. The van der Waals surface area contributed by atoms with E-state index in [-0.39, 0.29) is 18.7 Å². The first-order chi connectivity index (χ1) is 17.9. The van der Waals surface area contributed by atoms with Crippen molar-refractivity contribution in [1.29, 1.82) is 0 Å². The van der Waals surface area contributed by atoms with Crippen LogP contribution in [0.4, 0.5) is 10.1 Å². The Morgan fingerprint density at radius 1 is 1.30 bits per heavy atom. The number of nitrogens with two attached hydrogens (primary N) is 1. The monoisotopic (exact) mass is 581 g/mol. The predicted octanol–water partition coefficient (Wildman–Crippen LogP) is 4.49. The molecule has 37 heavy (non-hydrogen) atoms. The summed E-state index contributed by atoms with van der Waals surface area (Å²) in [4.78, 5) is 22.4. The zero-order valence-corrected chi connectivity index (χ0v) is 22.0. The number of aliphatic imine (C=N–C) groups is 1. The van der Waals surface area contributed by atoms with Crippen LogP contribution in [-0.4, -0.2) is 38.4 Å². The van der Waals surface area contributed by atoms with Gasteiger partial charge in [-0.1, -0.05) is 45.4 Å². The molecule has 12 heteroatoms. The zero-order valence-electron chi connectivity index (χ0n) is 19.6. The summed E-state index contributed by atoms with van der Waals surface area (Å²) in [6.45, 7) is 2.07. The molecule has 1 atom stereocenters. The van der Waals surface area contributed by atoms with Gasteiger partial charge in [0, 0.05) is 27.3 Å². The maximum atomic E-state index is 13.9. The fourth-order valence-electron chi connectivity index (χ4n) is 3.96. The summed E-state index contributed by atoms with van der Waals surface area (Å²) in [5.74, 6) is -0.473. The van der Waals surface area contributed by atoms with Crippen molar-refractivity contribution in [3.63, 3.8) is 0 Å². The van der Waals surface area contributed by atoms with Gasteiger partial charge in [0.1, 0.15) is 17.6 Å². The van der Waals surface area contributed by atoms with E-state index in [0.717, 1.165) is 5.56 Å². The summed E-state index contributed by atoms with van der Waals surface area (Å²) < 4.78 is 21.4. The van der Waals surface area contributed by atoms with Crippen molar-refractivity contribution < 1.29 is 13.9 Å². The number of nitrogens with zero attached hydrogens (tertiary/aromatic N) is 5. The van der Waals surface area contributed by atoms with E-state index in [9.17, 15) is 9.18 Å². The largest absolute Gasteiger partial charge is 0.463 e. The van der Waals surface area contributed by atoms with Crippen LogP contribution in [0.3, 0.4) is 0 Å². The maximum Gasteiger partial charge on any atom is 0.338 e. The van der Waals surface area contributed by atoms with Crippen LogP contribution >= 0.6 is 27.3 Å². The molecule has 1 unspecified atom stereocenters. The minimum atomic E-state index is -0.781. The number of amidine groups is 1. The highest BCUT2D eigenvalue weighted by molar-refractivity contribution is 9.10. The quantitative estimate of drug-likeness (QED) is 0.243. The average Bonchev–Trinajstić information content (AvgIpc) is 3.57. The van der Waals surface area contributed by atoms with Gasteiger partial charge >= 0.3 is 5.97 Å². The topological polar surface area (TPSA) is 120 Å². The minimum absolute atomic E-state index is 0.160. The lowest BCUT2D eigenvalue weighted by Gasteiger charge is -2.27. The number of benzene rings is 2. The number of hydrogen-bond acceptors (Lipinski definition) is 9. The molecular formula is C25H21BrFN7O2S. The molecule has 3 heterocycles. The molecule has 188 valence electrons. The molecule has 0 saturated carbocycles. The summed E-state index contributed by atoms with van der Waals surface area (Å²) in [5, 5.41) is 14.3. The van der Waals surface area contributed by atoms with E-state index >= 15 is 0 Å². The summed E-state index contributed by atoms with van der Waals surface area (Å²) >= 11 is 4.83. The Morgan fingerprint density at radius 2 is 2.14 bits per heavy atom. The van der Waals surface area contributed by atoms with Crippen molar-refractivity contribution in [2.75, 3.05) is 12.3 Å². The molecule has 1 aliphatic heterocycles. The Bertz CT molecular complexity index is 1520. The van der Waals surface area contributed by atoms with E-state index in [0.29, 0.717) is 38.0 Å². The van der Waals surface area contributed by atoms with Crippen LogP contribution in [0, 0.1) is 5.82 Å². The standard InChI is InChI=1S/C25H21BrFN7O2S/c1-2-36-25(35)21-20(13-34-12-19(32-33-34)16-5-3-4-6-18(16)28)30-23(24-29-9-10-37-24)31-22(21)15-8-7-14(27)11-17(15)26/h3-12,22H,2,13,28H2,1H3,(H,30,31). The van der Waals surface area contributed by atoms with E-state index in [2.05, 4.69) is 36.5 Å². The number of esters is 1. The van der Waals surface area contributed by atoms with Crippen molar-refractivity contribution >= 4 is 44.8 Å². The van der Waals surface area contributed by atoms with Gasteiger partial charge in [0.2, 0.25) is 0 Å². The van der Waals surface area contributed by atoms with Gasteiger partial charge in [-0.3, -0.25) is 4.99 Å². The predicted molar refractivity (Wildman–Crippen MR) is 142 cm³/mol. The Balaban J connectivity index is 1.61. The number of nitrogens with one attached hydrogen (secondary N) is 1. The van der Waals surface area contributed by atoms with Crippen LogP contribution in [0.1, 0.15) is 23.5 Å². The van der Waals surface area contributed by atoms with Gasteiger partial charge in [0.25, 0.3) is 0 Å². The van der Waals surface area contributed by atoms with Crippen LogP contribution < -0.4 is 11.1 Å². The number of ether oxygens (including phenoxy) is 1. The molecule has 0 amide bonds. The van der Waals surface area contributed by atoms with Gasteiger partial charge in [0.05, 0.1) is 30.6 Å². The van der Waals surface area contributed by atoms with Crippen LogP contribution in [0.5, 0.6) is 0 Å². The van der Waals surface area contributed by atoms with Crippen molar-refractivity contribution in [2.45, 2.75) is 19.5 Å². The van der Waals surface area contributed by atoms with Crippen LogP contribution in [-0.2, 0) is 16.1 Å². The number of rotatable bonds is 7. The summed E-state index contributed by atoms with van der Waals surface area (Å²) in [5.41, 5.74) is 9.44. The molecule has 0 radical (unpaired) electrons. The van der Waals surface area contributed by atoms with Gasteiger partial charge in [-0.2, -0.15) is 0 Å². The molecule has 9 nitrogen and oxygen atoms in total. The number of nitrogen functional groups attached to an aromatic ring is 1. The molecule has 1 aliphatic rings. The van der Waals surface area contributed by atoms with E-state index in [1.54, 1.807) is 36.1 Å². The fourth-order valence-corrected chi connectivity index (χ4v) is 5.11. The molecule has 0 aliphatic carbocycles. The molecular weight excluding hydrogens is 561 g/mol. The van der Waals surface area contributed by atoms with Crippen molar-refractivity contribution in [2.24, 2.45) is 4.99 Å². The highest BCUT2D eigenvalue weighted by Crippen LogP contribution is 2.37. The first kappa shape index (κ1) is 24.8. The number of halogens is 2. The number of allylic oxidation sites excluding steroid dienone is 1. The van der Waals surface area contributed by atoms with E-state index in [1.807, 2.05) is 23.6 Å². The number of anilines is 1. The van der Waals surface area contributed by atoms with Crippen LogP contribution in [0.25, 0.3) is 11.3 Å². The third-order valence-electron chi connectivity index (χ3n) is 5.61. The second kappa shape index (κ2) is 10.6. The first-order valence-corrected chi connectivity index (χ1v) is 13.0. The number of para-hydroxylation sites is 1. The van der Waals surface area contributed by atoms with Crippen molar-refractivity contribution in [3.8, 4) is 11.3 Å². The zero-order chi connectivity index (χ0) is 25.9. The lowest BCUT2D eigenvalue weighted by atomic mass is 9.95. The Kier molecular flexibility index (Phi) is 7.10. The van der Waals surface area contributed by atoms with Gasteiger partial charge in [0.15, 0.2) is 10.8 Å². The summed E-state index contributed by atoms with van der Waals surface area (Å²) in [7, 11) is 0. The molecule has 2 aromatic heterocycles. The Labute approximate surface area is 224 Å². The maximum absolute atomic E-state index is 13.9. The van der Waals surface area contributed by atoms with Crippen molar-refractivity contribution in [3.05, 3.63) is 92.4 Å². The number of aromatic nitrogens is 4. The number of carbonyl (C=O) groups is 1. The summed E-state index contributed by atoms with van der Waals surface area (Å²) in [6.07, 6.45) is 3.42. The molecule has 0 fully saturated rings. The molecule has 3 N–H and O–H groups in total.